The van der Waals surface area contributed by atoms with Crippen molar-refractivity contribution < 1.29 is 49.7 Å². The molecule has 1 saturated heterocycles. The van der Waals surface area contributed by atoms with Crippen molar-refractivity contribution in [3.05, 3.63) is 65.7 Å². The maximum absolute atomic E-state index is 13.7. The van der Waals surface area contributed by atoms with Crippen LogP contribution in [-0.2, 0) is 26.5 Å². The first-order chi connectivity index (χ1) is 19.0. The molecular weight excluding hydrogens is 524 g/mol. The molecule has 0 spiro atoms. The van der Waals surface area contributed by atoms with E-state index in [-0.39, 0.29) is 18.8 Å². The Morgan fingerprint density at radius 1 is 1.15 bits per heavy atom. The fraction of sp³-hybridized carbons (Fsp3) is 0.429. The van der Waals surface area contributed by atoms with E-state index in [1.807, 2.05) is 0 Å². The lowest BCUT2D eigenvalue weighted by molar-refractivity contribution is -0.274. The average molecular weight is 559 g/mol. The molecule has 7 atom stereocenters. The van der Waals surface area contributed by atoms with Crippen LogP contribution in [0.15, 0.2) is 54.6 Å². The van der Waals surface area contributed by atoms with Crippen LogP contribution in [0.3, 0.4) is 0 Å². The van der Waals surface area contributed by atoms with Crippen molar-refractivity contribution in [3.8, 4) is 5.75 Å². The molecule has 2 amide bonds. The van der Waals surface area contributed by atoms with Crippen LogP contribution in [0.4, 0.5) is 11.4 Å². The van der Waals surface area contributed by atoms with Crippen molar-refractivity contribution in [1.29, 1.82) is 0 Å². The van der Waals surface area contributed by atoms with Crippen molar-refractivity contribution in [2.45, 2.75) is 56.2 Å². The highest BCUT2D eigenvalue weighted by molar-refractivity contribution is 6.07. The van der Waals surface area contributed by atoms with Crippen molar-refractivity contribution >= 4 is 23.2 Å². The summed E-state index contributed by atoms with van der Waals surface area (Å²) in [6.45, 7) is 1.70. The third kappa shape index (κ3) is 5.47. The van der Waals surface area contributed by atoms with Crippen LogP contribution in [0.5, 0.6) is 5.75 Å². The molecule has 2 aromatic carbocycles. The number of carbonyl (C=O) groups excluding carboxylic acids is 2. The van der Waals surface area contributed by atoms with Crippen LogP contribution in [0.25, 0.3) is 0 Å². The van der Waals surface area contributed by atoms with Crippen LogP contribution < -0.4 is 15.0 Å². The molecule has 12 heteroatoms. The summed E-state index contributed by atoms with van der Waals surface area (Å²) in [6.07, 6.45) is -5.07. The number of nitrogens with zero attached hydrogens (tertiary/aromatic N) is 1. The number of ether oxygens (including phenoxy) is 2. The lowest BCUT2D eigenvalue weighted by Crippen LogP contribution is -2.60. The second-order valence-corrected chi connectivity index (χ2v) is 9.88. The molecule has 2 aromatic rings. The van der Waals surface area contributed by atoms with E-state index in [1.54, 1.807) is 61.5 Å². The van der Waals surface area contributed by atoms with Gasteiger partial charge < -0.3 is 50.3 Å². The smallest absolute Gasteiger partial charge is 0.264 e. The van der Waals surface area contributed by atoms with Gasteiger partial charge in [0.1, 0.15) is 24.1 Å². The van der Waals surface area contributed by atoms with E-state index in [1.165, 1.54) is 12.0 Å². The lowest BCUT2D eigenvalue weighted by atomic mass is 9.83. The van der Waals surface area contributed by atoms with Crippen LogP contribution in [-0.4, -0.2) is 86.9 Å². The topological polar surface area (TPSA) is 189 Å². The van der Waals surface area contributed by atoms with Crippen LogP contribution in [0.2, 0.25) is 0 Å². The highest BCUT2D eigenvalue weighted by atomic mass is 16.6. The fourth-order valence-corrected chi connectivity index (χ4v) is 4.95. The molecule has 2 heterocycles. The number of aliphatic hydroxyl groups is 6. The van der Waals surface area contributed by atoms with E-state index in [9.17, 15) is 35.1 Å². The van der Waals surface area contributed by atoms with Gasteiger partial charge in [-0.15, -0.1) is 0 Å². The predicted octanol–water partition coefficient (Wildman–Crippen LogP) is -0.257. The summed E-state index contributed by atoms with van der Waals surface area (Å²) < 4.78 is 10.3. The maximum atomic E-state index is 13.7. The summed E-state index contributed by atoms with van der Waals surface area (Å²) in [4.78, 5) is 27.9. The Labute approximate surface area is 230 Å². The number of rotatable bonds is 9. The Hall–Kier alpha value is -3.36. The molecule has 2 aliphatic heterocycles. The zero-order valence-electron chi connectivity index (χ0n) is 22.0. The van der Waals surface area contributed by atoms with Crippen molar-refractivity contribution in [2.75, 3.05) is 23.9 Å². The Balaban J connectivity index is 1.57. The van der Waals surface area contributed by atoms with Crippen molar-refractivity contribution in [1.82, 2.24) is 0 Å². The summed E-state index contributed by atoms with van der Waals surface area (Å²) in [7, 11) is 1.49. The summed E-state index contributed by atoms with van der Waals surface area (Å²) in [5.74, 6) is -1.56. The molecule has 4 rings (SSSR count). The number of aliphatic hydroxyl groups excluding tert-OH is 5. The molecule has 1 fully saturated rings. The van der Waals surface area contributed by atoms with Gasteiger partial charge in [-0.05, 0) is 42.3 Å². The van der Waals surface area contributed by atoms with E-state index in [4.69, 9.17) is 14.6 Å². The largest absolute Gasteiger partial charge is 0.497 e. The molecule has 0 radical (unpaired) electrons. The van der Waals surface area contributed by atoms with E-state index in [0.29, 0.717) is 29.0 Å². The second-order valence-electron chi connectivity index (χ2n) is 9.88. The van der Waals surface area contributed by atoms with Crippen molar-refractivity contribution in [3.63, 3.8) is 0 Å². The zero-order valence-corrected chi connectivity index (χ0v) is 22.0. The highest BCUT2D eigenvalue weighted by Gasteiger charge is 2.52. The second kappa shape index (κ2) is 12.0. The van der Waals surface area contributed by atoms with Gasteiger partial charge in [0.05, 0.1) is 19.3 Å². The van der Waals surface area contributed by atoms with Crippen LogP contribution >= 0.6 is 0 Å². The van der Waals surface area contributed by atoms with Gasteiger partial charge in [0.25, 0.3) is 11.8 Å². The first kappa shape index (κ1) is 29.6. The number of benzene rings is 2. The molecule has 216 valence electrons. The van der Waals surface area contributed by atoms with E-state index >= 15 is 0 Å². The Bertz CT molecular complexity index is 1270. The number of fused-ring (bicyclic) bond motifs is 1. The maximum Gasteiger partial charge on any atom is 0.264 e. The Kier molecular flexibility index (Phi) is 8.90. The van der Waals surface area contributed by atoms with Crippen LogP contribution in [0.1, 0.15) is 24.5 Å². The summed E-state index contributed by atoms with van der Waals surface area (Å²) in [6, 6.07) is 11.5. The first-order valence-electron chi connectivity index (χ1n) is 12.8. The lowest BCUT2D eigenvalue weighted by Gasteiger charge is -2.37. The molecular formula is C28H34N2O10. The molecule has 7 N–H and O–H groups in total. The van der Waals surface area contributed by atoms with Gasteiger partial charge >= 0.3 is 0 Å². The van der Waals surface area contributed by atoms with Gasteiger partial charge in [0.15, 0.2) is 18.0 Å². The highest BCUT2D eigenvalue weighted by Crippen LogP contribution is 2.47. The van der Waals surface area contributed by atoms with E-state index in [2.05, 4.69) is 5.32 Å². The zero-order chi connectivity index (χ0) is 29.2. The monoisotopic (exact) mass is 558 g/mol. The quantitative estimate of drug-likeness (QED) is 0.202. The summed E-state index contributed by atoms with van der Waals surface area (Å²) in [5.41, 5.74) is -0.134. The first-order valence-corrected chi connectivity index (χ1v) is 12.8. The molecule has 0 unspecified atom stereocenters. The normalized spacial score (nSPS) is 28.9. The van der Waals surface area contributed by atoms with Gasteiger partial charge in [-0.2, -0.15) is 0 Å². The van der Waals surface area contributed by atoms with Gasteiger partial charge in [0.2, 0.25) is 0 Å². The number of nitrogens with one attached hydrogen (secondary N) is 1. The number of amides is 2. The number of hydrogen-bond donors (Lipinski definition) is 7. The van der Waals surface area contributed by atoms with Crippen molar-refractivity contribution in [2.24, 2.45) is 5.92 Å². The molecule has 0 saturated carbocycles. The minimum atomic E-state index is -1.89. The van der Waals surface area contributed by atoms with Gasteiger partial charge in [-0.3, -0.25) is 9.59 Å². The van der Waals surface area contributed by atoms with Crippen LogP contribution in [0, 0.1) is 5.92 Å². The molecule has 0 aliphatic carbocycles. The fourth-order valence-electron chi connectivity index (χ4n) is 4.95. The molecule has 0 bridgehead atoms. The number of anilines is 2. The SMILES string of the molecule is COc1ccc2c(c1)[C@](O)([C@@H](C)/C=C/CCO)C(=O)N2Cc1cccc(NC(=O)[C@H]2O[C@@H](O)[C@H](O)[C@@H](O)[C@@H]2O)c1. The standard InChI is InChI=1S/C28H34N2O10/c1-15(6-3-4-11-31)28(38)19-13-18(39-2)9-10-20(19)30(27(28)37)14-16-7-5-8-17(12-16)29-25(35)24-22(33)21(32)23(34)26(36)40-24/h3,5-10,12-13,15,21-24,26,31-34,36,38H,4,11,14H2,1-2H3,(H,29,35)/b6-3+/t15-,21-,22-,23+,24-,26+,28+/m0/s1. The van der Waals surface area contributed by atoms with Gasteiger partial charge in [0, 0.05) is 23.8 Å². The Morgan fingerprint density at radius 3 is 2.60 bits per heavy atom. The number of carbonyl (C=O) groups is 2. The average Bonchev–Trinajstić information content (AvgIpc) is 3.16. The minimum absolute atomic E-state index is 0.0451. The van der Waals surface area contributed by atoms with Gasteiger partial charge in [-0.25, -0.2) is 0 Å². The molecule has 0 aromatic heterocycles. The van der Waals surface area contributed by atoms with E-state index in [0.717, 1.165) is 0 Å². The van der Waals surface area contributed by atoms with Gasteiger partial charge in [-0.1, -0.05) is 31.2 Å². The Morgan fingerprint density at radius 2 is 1.90 bits per heavy atom. The predicted molar refractivity (Wildman–Crippen MR) is 142 cm³/mol. The molecule has 40 heavy (non-hydrogen) atoms. The minimum Gasteiger partial charge on any atom is -0.497 e. The number of hydrogen-bond acceptors (Lipinski definition) is 10. The summed E-state index contributed by atoms with van der Waals surface area (Å²) in [5, 5.41) is 62.8. The third-order valence-electron chi connectivity index (χ3n) is 7.24. The molecule has 2 aliphatic rings. The number of methoxy groups -OCH3 is 1. The molecule has 12 nitrogen and oxygen atoms in total. The third-order valence-corrected chi connectivity index (χ3v) is 7.24. The van der Waals surface area contributed by atoms with E-state index < -0.39 is 54.0 Å². The summed E-state index contributed by atoms with van der Waals surface area (Å²) >= 11 is 0.